The van der Waals surface area contributed by atoms with Crippen LogP contribution >= 0.6 is 27.7 Å². The van der Waals surface area contributed by atoms with Gasteiger partial charge >= 0.3 is 0 Å². The van der Waals surface area contributed by atoms with Crippen LogP contribution in [-0.2, 0) is 11.2 Å². The molecule has 20 heavy (non-hydrogen) atoms. The first-order valence-electron chi connectivity index (χ1n) is 6.34. The Morgan fingerprint density at radius 3 is 2.90 bits per heavy atom. The van der Waals surface area contributed by atoms with E-state index >= 15 is 0 Å². The summed E-state index contributed by atoms with van der Waals surface area (Å²) in [5, 5.41) is 0. The van der Waals surface area contributed by atoms with Crippen LogP contribution < -0.4 is 0 Å². The van der Waals surface area contributed by atoms with Gasteiger partial charge < -0.3 is 0 Å². The Labute approximate surface area is 129 Å². The normalized spacial score (nSPS) is 17.0. The van der Waals surface area contributed by atoms with Gasteiger partial charge in [0.15, 0.2) is 0 Å². The third-order valence-electron chi connectivity index (χ3n) is 3.48. The minimum Gasteiger partial charge on any atom is -0.299 e. The van der Waals surface area contributed by atoms with Crippen LogP contribution in [0.25, 0.3) is 0 Å². The molecule has 0 radical (unpaired) electrons. The fourth-order valence-electron chi connectivity index (χ4n) is 2.43. The second-order valence-corrected chi connectivity index (χ2v) is 6.61. The van der Waals surface area contributed by atoms with Crippen LogP contribution in [0.3, 0.4) is 0 Å². The number of benzene rings is 2. The number of carbonyl (C=O) groups is 1. The monoisotopic (exact) mass is 350 g/mol. The van der Waals surface area contributed by atoms with Crippen LogP contribution in [0.15, 0.2) is 51.8 Å². The average Bonchev–Trinajstić information content (AvgIpc) is 2.88. The first kappa shape index (κ1) is 13.8. The van der Waals surface area contributed by atoms with Crippen molar-refractivity contribution in [1.82, 2.24) is 0 Å². The van der Waals surface area contributed by atoms with Crippen molar-refractivity contribution < 1.29 is 9.18 Å². The number of rotatable bonds is 3. The van der Waals surface area contributed by atoms with E-state index in [1.165, 1.54) is 11.0 Å². The van der Waals surface area contributed by atoms with Crippen LogP contribution in [-0.4, -0.2) is 11.5 Å². The van der Waals surface area contributed by atoms with E-state index in [2.05, 4.69) is 15.9 Å². The maximum atomic E-state index is 13.5. The van der Waals surface area contributed by atoms with Gasteiger partial charge in [0.25, 0.3) is 0 Å². The molecule has 0 aliphatic carbocycles. The SMILES string of the molecule is O=C(Cc1cccc(F)c1Br)C1CSc2ccccc21. The van der Waals surface area contributed by atoms with E-state index < -0.39 is 0 Å². The molecule has 1 aliphatic rings. The predicted molar refractivity (Wildman–Crippen MR) is 82.7 cm³/mol. The standard InChI is InChI=1S/C16H12BrFOS/c17-16-10(4-3-6-13(16)18)8-14(19)12-9-20-15-7-2-1-5-11(12)15/h1-7,12H,8-9H2. The van der Waals surface area contributed by atoms with Gasteiger partial charge in [-0.3, -0.25) is 4.79 Å². The Bertz CT molecular complexity index is 671. The van der Waals surface area contributed by atoms with Gasteiger partial charge in [0, 0.05) is 17.1 Å². The summed E-state index contributed by atoms with van der Waals surface area (Å²) in [6, 6.07) is 12.8. The maximum absolute atomic E-state index is 13.5. The molecule has 0 fully saturated rings. The topological polar surface area (TPSA) is 17.1 Å². The summed E-state index contributed by atoms with van der Waals surface area (Å²) < 4.78 is 13.9. The molecule has 2 aromatic carbocycles. The summed E-state index contributed by atoms with van der Waals surface area (Å²) in [5.74, 6) is 0.530. The Morgan fingerprint density at radius 1 is 1.25 bits per heavy atom. The molecule has 0 bridgehead atoms. The zero-order valence-corrected chi connectivity index (χ0v) is 13.0. The molecule has 1 aliphatic heterocycles. The lowest BCUT2D eigenvalue weighted by Crippen LogP contribution is -2.15. The van der Waals surface area contributed by atoms with Gasteiger partial charge in [0.2, 0.25) is 0 Å². The zero-order valence-electron chi connectivity index (χ0n) is 10.6. The maximum Gasteiger partial charge on any atom is 0.145 e. The van der Waals surface area contributed by atoms with Gasteiger partial charge in [-0.15, -0.1) is 11.8 Å². The van der Waals surface area contributed by atoms with E-state index in [1.807, 2.05) is 24.3 Å². The number of hydrogen-bond acceptors (Lipinski definition) is 2. The summed E-state index contributed by atoms with van der Waals surface area (Å²) in [4.78, 5) is 13.7. The highest BCUT2D eigenvalue weighted by molar-refractivity contribution is 9.10. The summed E-state index contributed by atoms with van der Waals surface area (Å²) in [6.07, 6.45) is 0.262. The lowest BCUT2D eigenvalue weighted by molar-refractivity contribution is -0.119. The van der Waals surface area contributed by atoms with Crippen molar-refractivity contribution in [1.29, 1.82) is 0 Å². The molecular formula is C16H12BrFOS. The third-order valence-corrected chi connectivity index (χ3v) is 5.56. The number of hydrogen-bond donors (Lipinski definition) is 0. The molecule has 1 heterocycles. The van der Waals surface area contributed by atoms with Crippen LogP contribution in [0.4, 0.5) is 4.39 Å². The van der Waals surface area contributed by atoms with Crippen molar-refractivity contribution in [2.24, 2.45) is 0 Å². The van der Waals surface area contributed by atoms with Crippen molar-refractivity contribution in [2.75, 3.05) is 5.75 Å². The van der Waals surface area contributed by atoms with E-state index in [0.717, 1.165) is 11.3 Å². The largest absolute Gasteiger partial charge is 0.299 e. The van der Waals surface area contributed by atoms with Crippen molar-refractivity contribution in [3.05, 3.63) is 63.9 Å². The van der Waals surface area contributed by atoms with E-state index in [1.54, 1.807) is 23.9 Å². The second-order valence-electron chi connectivity index (χ2n) is 4.76. The van der Waals surface area contributed by atoms with Gasteiger partial charge in [-0.2, -0.15) is 0 Å². The van der Waals surface area contributed by atoms with Crippen molar-refractivity contribution in [3.8, 4) is 0 Å². The molecule has 4 heteroatoms. The Hall–Kier alpha value is -1.13. The highest BCUT2D eigenvalue weighted by Crippen LogP contribution is 2.40. The third kappa shape index (κ3) is 2.54. The van der Waals surface area contributed by atoms with Gasteiger partial charge in [-0.1, -0.05) is 30.3 Å². The average molecular weight is 351 g/mol. The van der Waals surface area contributed by atoms with Crippen LogP contribution in [0.5, 0.6) is 0 Å². The molecule has 0 saturated heterocycles. The molecule has 1 atom stereocenters. The Balaban J connectivity index is 1.83. The molecular weight excluding hydrogens is 339 g/mol. The number of thioether (sulfide) groups is 1. The van der Waals surface area contributed by atoms with Crippen LogP contribution in [0.2, 0.25) is 0 Å². The molecule has 0 spiro atoms. The van der Waals surface area contributed by atoms with Gasteiger partial charge in [-0.05, 0) is 39.2 Å². The number of halogens is 2. The second kappa shape index (κ2) is 5.70. The fourth-order valence-corrected chi connectivity index (χ4v) is 4.09. The quantitative estimate of drug-likeness (QED) is 0.805. The van der Waals surface area contributed by atoms with Crippen LogP contribution in [0.1, 0.15) is 17.0 Å². The van der Waals surface area contributed by atoms with E-state index in [0.29, 0.717) is 10.0 Å². The lowest BCUT2D eigenvalue weighted by atomic mass is 9.93. The number of ketones is 1. The number of fused-ring (bicyclic) bond motifs is 1. The first-order valence-corrected chi connectivity index (χ1v) is 8.12. The summed E-state index contributed by atoms with van der Waals surface area (Å²) in [7, 11) is 0. The van der Waals surface area contributed by atoms with Gasteiger partial charge in [0.1, 0.15) is 11.6 Å². The van der Waals surface area contributed by atoms with Crippen molar-refractivity contribution in [2.45, 2.75) is 17.2 Å². The minimum atomic E-state index is -0.323. The molecule has 0 N–H and O–H groups in total. The summed E-state index contributed by atoms with van der Waals surface area (Å²) in [6.45, 7) is 0. The predicted octanol–water partition coefficient (Wildman–Crippen LogP) is 4.59. The molecule has 0 amide bonds. The van der Waals surface area contributed by atoms with E-state index in [4.69, 9.17) is 0 Å². The lowest BCUT2D eigenvalue weighted by Gasteiger charge is -2.11. The van der Waals surface area contributed by atoms with E-state index in [9.17, 15) is 9.18 Å². The zero-order chi connectivity index (χ0) is 14.1. The highest BCUT2D eigenvalue weighted by atomic mass is 79.9. The molecule has 102 valence electrons. The van der Waals surface area contributed by atoms with Gasteiger partial charge in [0.05, 0.1) is 10.4 Å². The Kier molecular flexibility index (Phi) is 3.94. The van der Waals surface area contributed by atoms with Crippen LogP contribution in [0, 0.1) is 5.82 Å². The molecule has 1 unspecified atom stereocenters. The van der Waals surface area contributed by atoms with Gasteiger partial charge in [-0.25, -0.2) is 4.39 Å². The minimum absolute atomic E-state index is 0.0774. The van der Waals surface area contributed by atoms with Crippen molar-refractivity contribution in [3.63, 3.8) is 0 Å². The Morgan fingerprint density at radius 2 is 2.05 bits per heavy atom. The fraction of sp³-hybridized carbons (Fsp3) is 0.188. The molecule has 0 saturated carbocycles. The number of Topliss-reactive ketones (excluding diaryl/α,β-unsaturated/α-hetero) is 1. The smallest absolute Gasteiger partial charge is 0.145 e. The summed E-state index contributed by atoms with van der Waals surface area (Å²) >= 11 is 4.93. The molecule has 1 nitrogen and oxygen atoms in total. The summed E-state index contributed by atoms with van der Waals surface area (Å²) in [5.41, 5.74) is 1.82. The molecule has 3 rings (SSSR count). The first-order chi connectivity index (χ1) is 9.66. The number of carbonyl (C=O) groups excluding carboxylic acids is 1. The molecule has 0 aromatic heterocycles. The molecule has 2 aromatic rings. The van der Waals surface area contributed by atoms with E-state index in [-0.39, 0.29) is 23.9 Å². The van der Waals surface area contributed by atoms with Crippen molar-refractivity contribution >= 4 is 33.5 Å². The highest BCUT2D eigenvalue weighted by Gasteiger charge is 2.29.